The lowest BCUT2D eigenvalue weighted by Gasteiger charge is -2.07. The van der Waals surface area contributed by atoms with Crippen LogP contribution in [0.15, 0.2) is 17.0 Å². The molecule has 0 N–H and O–H groups in total. The molecule has 1 aromatic heterocycles. The maximum atomic E-state index is 11.7. The van der Waals surface area contributed by atoms with Crippen LogP contribution in [0.2, 0.25) is 10.3 Å². The number of sulfone groups is 1. The third kappa shape index (κ3) is 2.38. The molecule has 0 aliphatic carbocycles. The Balaban J connectivity index is 3.34. The molecular weight excluding hydrogens is 245 g/mol. The van der Waals surface area contributed by atoms with Crippen LogP contribution in [0, 0.1) is 0 Å². The molecule has 1 aromatic rings. The van der Waals surface area contributed by atoms with Gasteiger partial charge in [0.1, 0.15) is 10.3 Å². The Morgan fingerprint density at radius 2 is 1.64 bits per heavy atom. The highest BCUT2D eigenvalue weighted by molar-refractivity contribution is 7.92. The summed E-state index contributed by atoms with van der Waals surface area (Å²) in [5.74, 6) is 0. The summed E-state index contributed by atoms with van der Waals surface area (Å²) in [5, 5.41) is -0.342. The Morgan fingerprint density at radius 1 is 1.21 bits per heavy atom. The van der Waals surface area contributed by atoms with E-state index in [0.29, 0.717) is 0 Å². The summed E-state index contributed by atoms with van der Waals surface area (Å²) >= 11 is 11.2. The minimum Gasteiger partial charge on any atom is -0.224 e. The van der Waals surface area contributed by atoms with E-state index in [-0.39, 0.29) is 15.2 Å². The van der Waals surface area contributed by atoms with Gasteiger partial charge in [0, 0.05) is 0 Å². The van der Waals surface area contributed by atoms with Gasteiger partial charge in [-0.2, -0.15) is 0 Å². The molecule has 3 nitrogen and oxygen atoms in total. The standard InChI is InChI=1S/C8H9Cl2NO2S/c1-5(2)14(12,13)6-3-7(9)11-8(10)4-6/h3-5H,1-2H3. The highest BCUT2D eigenvalue weighted by Crippen LogP contribution is 2.21. The molecule has 6 heteroatoms. The Labute approximate surface area is 93.0 Å². The second-order valence-corrected chi connectivity index (χ2v) is 6.32. The molecule has 0 saturated heterocycles. The van der Waals surface area contributed by atoms with Crippen LogP contribution in [-0.2, 0) is 9.84 Å². The van der Waals surface area contributed by atoms with Gasteiger partial charge in [0.05, 0.1) is 10.1 Å². The summed E-state index contributed by atoms with van der Waals surface area (Å²) in [6, 6.07) is 2.59. The Morgan fingerprint density at radius 3 is 2.00 bits per heavy atom. The van der Waals surface area contributed by atoms with Crippen molar-refractivity contribution in [2.75, 3.05) is 0 Å². The topological polar surface area (TPSA) is 47.0 Å². The Hall–Kier alpha value is -0.320. The molecule has 0 fully saturated rings. The van der Waals surface area contributed by atoms with Crippen LogP contribution in [-0.4, -0.2) is 18.7 Å². The lowest BCUT2D eigenvalue weighted by Crippen LogP contribution is -2.14. The predicted molar refractivity (Wildman–Crippen MR) is 56.6 cm³/mol. The van der Waals surface area contributed by atoms with E-state index >= 15 is 0 Å². The fourth-order valence-corrected chi connectivity index (χ4v) is 2.57. The van der Waals surface area contributed by atoms with Crippen LogP contribution < -0.4 is 0 Å². The quantitative estimate of drug-likeness (QED) is 0.762. The van der Waals surface area contributed by atoms with Gasteiger partial charge in [-0.1, -0.05) is 23.2 Å². The predicted octanol–water partition coefficient (Wildman–Crippen LogP) is 2.57. The molecule has 1 heterocycles. The number of pyridine rings is 1. The number of aromatic nitrogens is 1. The third-order valence-electron chi connectivity index (χ3n) is 1.69. The maximum absolute atomic E-state index is 11.7. The molecular formula is C8H9Cl2NO2S. The molecule has 0 atom stereocenters. The first-order valence-corrected chi connectivity index (χ1v) is 6.21. The average molecular weight is 254 g/mol. The molecule has 0 aliphatic rings. The second-order valence-electron chi connectivity index (χ2n) is 3.04. The first-order valence-electron chi connectivity index (χ1n) is 3.91. The smallest absolute Gasteiger partial charge is 0.180 e. The number of hydrogen-bond donors (Lipinski definition) is 0. The van der Waals surface area contributed by atoms with Crippen LogP contribution in [0.25, 0.3) is 0 Å². The van der Waals surface area contributed by atoms with Gasteiger partial charge in [-0.3, -0.25) is 0 Å². The van der Waals surface area contributed by atoms with E-state index < -0.39 is 15.1 Å². The average Bonchev–Trinajstić information content (AvgIpc) is 2.01. The SMILES string of the molecule is CC(C)S(=O)(=O)c1cc(Cl)nc(Cl)c1. The van der Waals surface area contributed by atoms with E-state index in [1.807, 2.05) is 0 Å². The van der Waals surface area contributed by atoms with Crippen molar-refractivity contribution in [3.05, 3.63) is 22.4 Å². The van der Waals surface area contributed by atoms with Crippen LogP contribution in [0.3, 0.4) is 0 Å². The zero-order valence-corrected chi connectivity index (χ0v) is 9.99. The van der Waals surface area contributed by atoms with Crippen molar-refractivity contribution < 1.29 is 8.42 Å². The monoisotopic (exact) mass is 253 g/mol. The number of halogens is 2. The fourth-order valence-electron chi connectivity index (χ4n) is 0.879. The van der Waals surface area contributed by atoms with Crippen LogP contribution in [0.4, 0.5) is 0 Å². The second kappa shape index (κ2) is 4.04. The van der Waals surface area contributed by atoms with Crippen molar-refractivity contribution in [2.24, 2.45) is 0 Å². The molecule has 14 heavy (non-hydrogen) atoms. The van der Waals surface area contributed by atoms with Gasteiger partial charge in [0.15, 0.2) is 9.84 Å². The minimum atomic E-state index is -3.33. The van der Waals surface area contributed by atoms with E-state index in [1.54, 1.807) is 13.8 Å². The molecule has 0 saturated carbocycles. The van der Waals surface area contributed by atoms with E-state index in [1.165, 1.54) is 12.1 Å². The number of nitrogens with zero attached hydrogens (tertiary/aromatic N) is 1. The van der Waals surface area contributed by atoms with Crippen molar-refractivity contribution in [3.8, 4) is 0 Å². The summed E-state index contributed by atoms with van der Waals surface area (Å²) in [7, 11) is -3.33. The molecule has 78 valence electrons. The Kier molecular flexibility index (Phi) is 3.40. The first-order chi connectivity index (χ1) is 6.34. The van der Waals surface area contributed by atoms with Crippen molar-refractivity contribution in [1.82, 2.24) is 4.98 Å². The lowest BCUT2D eigenvalue weighted by atomic mass is 10.5. The van der Waals surface area contributed by atoms with Gasteiger partial charge in [-0.05, 0) is 26.0 Å². The molecule has 0 unspecified atom stereocenters. The van der Waals surface area contributed by atoms with Gasteiger partial charge < -0.3 is 0 Å². The Bertz CT molecular complexity index is 422. The van der Waals surface area contributed by atoms with E-state index in [9.17, 15) is 8.42 Å². The summed E-state index contributed by atoms with van der Waals surface area (Å²) in [6.07, 6.45) is 0. The van der Waals surface area contributed by atoms with Crippen LogP contribution in [0.1, 0.15) is 13.8 Å². The van der Waals surface area contributed by atoms with Crippen LogP contribution in [0.5, 0.6) is 0 Å². The van der Waals surface area contributed by atoms with Crippen molar-refractivity contribution >= 4 is 33.0 Å². The van der Waals surface area contributed by atoms with Gasteiger partial charge >= 0.3 is 0 Å². The van der Waals surface area contributed by atoms with Crippen molar-refractivity contribution in [2.45, 2.75) is 24.0 Å². The number of hydrogen-bond acceptors (Lipinski definition) is 3. The third-order valence-corrected chi connectivity index (χ3v) is 4.21. The fraction of sp³-hybridized carbons (Fsp3) is 0.375. The summed E-state index contributed by atoms with van der Waals surface area (Å²) in [5.41, 5.74) is 0. The lowest BCUT2D eigenvalue weighted by molar-refractivity contribution is 0.587. The first kappa shape index (κ1) is 11.8. The van der Waals surface area contributed by atoms with Crippen molar-refractivity contribution in [1.29, 1.82) is 0 Å². The van der Waals surface area contributed by atoms with Gasteiger partial charge in [0.2, 0.25) is 0 Å². The van der Waals surface area contributed by atoms with E-state index in [2.05, 4.69) is 4.98 Å². The van der Waals surface area contributed by atoms with Crippen molar-refractivity contribution in [3.63, 3.8) is 0 Å². The highest BCUT2D eigenvalue weighted by Gasteiger charge is 2.20. The molecule has 0 amide bonds. The van der Waals surface area contributed by atoms with Gasteiger partial charge in [-0.25, -0.2) is 13.4 Å². The van der Waals surface area contributed by atoms with E-state index in [4.69, 9.17) is 23.2 Å². The number of rotatable bonds is 2. The molecule has 0 bridgehead atoms. The summed E-state index contributed by atoms with van der Waals surface area (Å²) < 4.78 is 23.4. The molecule has 1 rings (SSSR count). The van der Waals surface area contributed by atoms with Gasteiger partial charge in [0.25, 0.3) is 0 Å². The minimum absolute atomic E-state index is 0.0803. The highest BCUT2D eigenvalue weighted by atomic mass is 35.5. The molecule has 0 aromatic carbocycles. The largest absolute Gasteiger partial charge is 0.224 e. The summed E-state index contributed by atoms with van der Waals surface area (Å²) in [6.45, 7) is 3.19. The van der Waals surface area contributed by atoms with E-state index in [0.717, 1.165) is 0 Å². The van der Waals surface area contributed by atoms with Crippen LogP contribution >= 0.6 is 23.2 Å². The zero-order chi connectivity index (χ0) is 10.9. The molecule has 0 radical (unpaired) electrons. The summed E-state index contributed by atoms with van der Waals surface area (Å²) in [4.78, 5) is 3.78. The normalized spacial score (nSPS) is 12.1. The maximum Gasteiger partial charge on any atom is 0.180 e. The molecule has 0 aliphatic heterocycles. The molecule has 0 spiro atoms. The van der Waals surface area contributed by atoms with Gasteiger partial charge in [-0.15, -0.1) is 0 Å². The zero-order valence-electron chi connectivity index (χ0n) is 7.66.